The number of hydrogen-bond acceptors (Lipinski definition) is 10. The second-order valence-corrected chi connectivity index (χ2v) is 7.63. The number of rotatable bonds is 6. The fourth-order valence-electron chi connectivity index (χ4n) is 3.33. The van der Waals surface area contributed by atoms with Crippen LogP contribution in [0.3, 0.4) is 0 Å². The average molecular weight is 432 g/mol. The van der Waals surface area contributed by atoms with E-state index in [-0.39, 0.29) is 24.0 Å². The maximum atomic E-state index is 12.3. The first-order valence-electron chi connectivity index (χ1n) is 9.60. The van der Waals surface area contributed by atoms with E-state index < -0.39 is 41.8 Å². The molecule has 0 spiro atoms. The minimum absolute atomic E-state index is 0.0975. The van der Waals surface area contributed by atoms with Gasteiger partial charge in [0.05, 0.1) is 11.7 Å². The highest BCUT2D eigenvalue weighted by Gasteiger charge is 2.57. The molecule has 0 aliphatic carbocycles. The number of anilines is 1. The zero-order valence-electron chi connectivity index (χ0n) is 17.2. The van der Waals surface area contributed by atoms with Gasteiger partial charge < -0.3 is 30.7 Å². The smallest absolute Gasteiger partial charge is 0.302 e. The summed E-state index contributed by atoms with van der Waals surface area (Å²) in [6, 6.07) is 4.15. The van der Waals surface area contributed by atoms with Crippen molar-refractivity contribution in [2.75, 3.05) is 11.9 Å². The molecule has 12 nitrogen and oxygen atoms in total. The van der Waals surface area contributed by atoms with Crippen LogP contribution in [0.25, 0.3) is 5.52 Å². The summed E-state index contributed by atoms with van der Waals surface area (Å²) in [6.07, 6.45) is -3.12. The van der Waals surface area contributed by atoms with Gasteiger partial charge in [0, 0.05) is 6.92 Å². The van der Waals surface area contributed by atoms with E-state index in [2.05, 4.69) is 15.4 Å². The first-order valence-corrected chi connectivity index (χ1v) is 9.60. The van der Waals surface area contributed by atoms with E-state index in [1.165, 1.54) is 23.6 Å². The number of carbonyl (C=O) groups is 2. The minimum Gasteiger partial charge on any atom is -0.463 e. The maximum Gasteiger partial charge on any atom is 0.302 e. The first-order chi connectivity index (χ1) is 14.6. The number of carbonyl (C=O) groups excluding carboxylic acids is 2. The molecule has 3 heterocycles. The molecule has 0 radical (unpaired) electrons. The van der Waals surface area contributed by atoms with Gasteiger partial charge >= 0.3 is 5.97 Å². The van der Waals surface area contributed by atoms with Crippen LogP contribution >= 0.6 is 0 Å². The van der Waals surface area contributed by atoms with Gasteiger partial charge in [-0.05, 0) is 18.1 Å². The molecule has 1 amide bonds. The number of aromatic nitrogens is 3. The average Bonchev–Trinajstić information content (AvgIpc) is 3.27. The molecule has 0 aromatic carbocycles. The number of amides is 1. The Morgan fingerprint density at radius 3 is 2.77 bits per heavy atom. The van der Waals surface area contributed by atoms with E-state index in [1.807, 2.05) is 19.9 Å². The molecule has 12 heteroatoms. The van der Waals surface area contributed by atoms with Crippen LogP contribution in [0.4, 0.5) is 5.82 Å². The quantitative estimate of drug-likeness (QED) is 0.415. The number of nitrogens with two attached hydrogens (primary N) is 1. The lowest BCUT2D eigenvalue weighted by atomic mass is 9.92. The minimum atomic E-state index is -2.00. The van der Waals surface area contributed by atoms with Gasteiger partial charge in [-0.15, -0.1) is 0 Å². The van der Waals surface area contributed by atoms with E-state index in [1.54, 1.807) is 0 Å². The summed E-state index contributed by atoms with van der Waals surface area (Å²) in [7, 11) is 0. The third kappa shape index (κ3) is 3.96. The van der Waals surface area contributed by atoms with Crippen molar-refractivity contribution in [2.24, 2.45) is 11.7 Å². The number of nitriles is 1. The van der Waals surface area contributed by atoms with Gasteiger partial charge in [-0.3, -0.25) is 9.59 Å². The van der Waals surface area contributed by atoms with E-state index in [0.717, 1.165) is 6.33 Å². The largest absolute Gasteiger partial charge is 0.463 e. The lowest BCUT2D eigenvalue weighted by molar-refractivity contribution is -0.148. The lowest BCUT2D eigenvalue weighted by Gasteiger charge is -2.24. The predicted molar refractivity (Wildman–Crippen MR) is 105 cm³/mol. The number of hydrogen-bond donors (Lipinski definition) is 4. The van der Waals surface area contributed by atoms with Gasteiger partial charge in [-0.25, -0.2) is 9.50 Å². The number of esters is 1. The predicted octanol–water partition coefficient (Wildman–Crippen LogP) is -0.946. The van der Waals surface area contributed by atoms with Crippen molar-refractivity contribution in [3.8, 4) is 6.07 Å². The molecule has 1 aliphatic rings. The number of aliphatic hydroxyl groups excluding tert-OH is 2. The Hall–Kier alpha value is -3.11. The van der Waals surface area contributed by atoms with E-state index in [4.69, 9.17) is 15.2 Å². The molecular formula is C19H24N6O6. The fourth-order valence-corrected chi connectivity index (χ4v) is 3.33. The second kappa shape index (κ2) is 8.56. The third-order valence-electron chi connectivity index (χ3n) is 5.17. The molecule has 1 aliphatic heterocycles. The number of ether oxygens (including phenoxy) is 2. The Morgan fingerprint density at radius 2 is 2.16 bits per heavy atom. The Labute approximate surface area is 177 Å². The molecule has 0 bridgehead atoms. The monoisotopic (exact) mass is 432 g/mol. The third-order valence-corrected chi connectivity index (χ3v) is 5.17. The number of nitrogens with one attached hydrogen (secondary N) is 1. The Balaban J connectivity index is 1.98. The summed E-state index contributed by atoms with van der Waals surface area (Å²) in [5.74, 6) is -0.984. The molecular weight excluding hydrogens is 408 g/mol. The summed E-state index contributed by atoms with van der Waals surface area (Å²) in [5, 5.41) is 37.6. The molecule has 166 valence electrons. The van der Waals surface area contributed by atoms with Gasteiger partial charge in [0.2, 0.25) is 11.5 Å². The Bertz CT molecular complexity index is 1030. The van der Waals surface area contributed by atoms with Gasteiger partial charge in [-0.2, -0.15) is 10.4 Å². The van der Waals surface area contributed by atoms with Crippen LogP contribution in [0.1, 0.15) is 26.5 Å². The molecule has 31 heavy (non-hydrogen) atoms. The molecule has 0 saturated carbocycles. The van der Waals surface area contributed by atoms with Crippen LogP contribution in [0.5, 0.6) is 0 Å². The molecule has 2 unspecified atom stereocenters. The van der Waals surface area contributed by atoms with Crippen LogP contribution in [-0.4, -0.2) is 67.6 Å². The van der Waals surface area contributed by atoms with Crippen LogP contribution in [0.2, 0.25) is 0 Å². The van der Waals surface area contributed by atoms with Crippen LogP contribution in [-0.2, 0) is 24.7 Å². The second-order valence-electron chi connectivity index (χ2n) is 7.63. The van der Waals surface area contributed by atoms with Crippen molar-refractivity contribution in [1.29, 1.82) is 5.26 Å². The zero-order chi connectivity index (χ0) is 22.9. The Morgan fingerprint density at radius 1 is 1.45 bits per heavy atom. The molecule has 2 aromatic rings. The van der Waals surface area contributed by atoms with Crippen molar-refractivity contribution in [3.63, 3.8) is 0 Å². The number of fused-ring (bicyclic) bond motifs is 1. The lowest BCUT2D eigenvalue weighted by Crippen LogP contribution is -2.41. The highest BCUT2D eigenvalue weighted by molar-refractivity contribution is 5.97. The highest BCUT2D eigenvalue weighted by atomic mass is 16.6. The van der Waals surface area contributed by atoms with Gasteiger partial charge in [0.1, 0.15) is 42.8 Å². The summed E-state index contributed by atoms with van der Waals surface area (Å²) < 4.78 is 11.8. The SMILES string of the molecule is CC(=O)OC[C@H]1OC(C#N)(c2ccc3c(NC(=O)C(N)C(C)C)ncnn23)[C@H](O)[C@@H]1O. The van der Waals surface area contributed by atoms with Crippen molar-refractivity contribution in [3.05, 3.63) is 24.2 Å². The molecule has 5 atom stereocenters. The van der Waals surface area contributed by atoms with E-state index in [0.29, 0.717) is 5.52 Å². The molecule has 2 aromatic heterocycles. The number of aliphatic hydroxyl groups is 2. The molecule has 3 rings (SSSR count). The van der Waals surface area contributed by atoms with E-state index >= 15 is 0 Å². The van der Waals surface area contributed by atoms with Crippen molar-refractivity contribution < 1.29 is 29.3 Å². The fraction of sp³-hybridized carbons (Fsp3) is 0.526. The van der Waals surface area contributed by atoms with Gasteiger partial charge in [0.25, 0.3) is 0 Å². The van der Waals surface area contributed by atoms with Crippen LogP contribution in [0, 0.1) is 17.2 Å². The van der Waals surface area contributed by atoms with Gasteiger partial charge in [-0.1, -0.05) is 13.8 Å². The van der Waals surface area contributed by atoms with Crippen molar-refractivity contribution >= 4 is 23.2 Å². The topological polar surface area (TPSA) is 185 Å². The standard InChI is InChI=1S/C19H24N6O6/c1-9(2)14(21)18(29)24-17-11-4-5-13(25(11)23-8-22-17)19(7-20)16(28)15(27)12(31-19)6-30-10(3)26/h4-5,8-9,12,14-16,27-28H,6,21H2,1-3H3,(H,22,23,24,29)/t12-,14?,15-,16-,19?/m1/s1. The first kappa shape index (κ1) is 22.6. The van der Waals surface area contributed by atoms with Crippen molar-refractivity contribution in [2.45, 2.75) is 50.7 Å². The molecule has 1 fully saturated rings. The molecule has 5 N–H and O–H groups in total. The van der Waals surface area contributed by atoms with Crippen LogP contribution < -0.4 is 11.1 Å². The zero-order valence-corrected chi connectivity index (χ0v) is 17.2. The normalized spacial score (nSPS) is 26.6. The molecule has 1 saturated heterocycles. The van der Waals surface area contributed by atoms with Crippen LogP contribution in [0.15, 0.2) is 18.5 Å². The number of nitrogens with zero attached hydrogens (tertiary/aromatic N) is 4. The summed E-state index contributed by atoms with van der Waals surface area (Å²) in [6.45, 7) is 4.46. The van der Waals surface area contributed by atoms with Crippen molar-refractivity contribution in [1.82, 2.24) is 14.6 Å². The maximum absolute atomic E-state index is 12.3. The summed E-state index contributed by atoms with van der Waals surface area (Å²) in [5.41, 5.74) is 4.31. The Kier molecular flexibility index (Phi) is 6.23. The summed E-state index contributed by atoms with van der Waals surface area (Å²) in [4.78, 5) is 27.5. The summed E-state index contributed by atoms with van der Waals surface area (Å²) >= 11 is 0. The van der Waals surface area contributed by atoms with E-state index in [9.17, 15) is 25.1 Å². The highest BCUT2D eigenvalue weighted by Crippen LogP contribution is 2.40. The van der Waals surface area contributed by atoms with Gasteiger partial charge in [0.15, 0.2) is 5.82 Å².